The van der Waals surface area contributed by atoms with Crippen molar-refractivity contribution in [1.29, 1.82) is 0 Å². The van der Waals surface area contributed by atoms with Crippen LogP contribution in [-0.4, -0.2) is 37.0 Å². The summed E-state index contributed by atoms with van der Waals surface area (Å²) in [7, 11) is 0. The second-order valence-corrected chi connectivity index (χ2v) is 12.3. The molecule has 3 aromatic carbocycles. The van der Waals surface area contributed by atoms with Crippen LogP contribution >= 0.6 is 11.8 Å². The average molecular weight is 555 g/mol. The van der Waals surface area contributed by atoms with E-state index in [9.17, 15) is 9.59 Å². The molecule has 2 aliphatic heterocycles. The quantitative estimate of drug-likeness (QED) is 0.280. The highest BCUT2D eigenvalue weighted by atomic mass is 32.2. The fourth-order valence-electron chi connectivity index (χ4n) is 5.98. The molecule has 5 nitrogen and oxygen atoms in total. The van der Waals surface area contributed by atoms with Crippen LogP contribution in [0.5, 0.6) is 0 Å². The molecule has 2 N–H and O–H groups in total. The second kappa shape index (κ2) is 12.9. The number of anilines is 1. The molecular weight excluding hydrogens is 514 g/mol. The molecule has 2 heterocycles. The Hall–Kier alpha value is -3.35. The molecule has 5 rings (SSSR count). The highest BCUT2D eigenvalue weighted by molar-refractivity contribution is 8.04. The maximum atomic E-state index is 13.8. The van der Waals surface area contributed by atoms with Crippen molar-refractivity contribution < 1.29 is 14.5 Å². The molecule has 2 atom stereocenters. The number of rotatable bonds is 8. The van der Waals surface area contributed by atoms with E-state index in [-0.39, 0.29) is 11.8 Å². The van der Waals surface area contributed by atoms with Crippen molar-refractivity contribution in [2.24, 2.45) is 0 Å². The zero-order valence-electron chi connectivity index (χ0n) is 23.8. The van der Waals surface area contributed by atoms with Crippen LogP contribution in [0.15, 0.2) is 82.6 Å². The van der Waals surface area contributed by atoms with E-state index in [1.54, 1.807) is 4.90 Å². The molecule has 6 heteroatoms. The van der Waals surface area contributed by atoms with Crippen molar-refractivity contribution in [2.45, 2.75) is 70.0 Å². The van der Waals surface area contributed by atoms with Crippen molar-refractivity contribution in [1.82, 2.24) is 5.32 Å². The van der Waals surface area contributed by atoms with Gasteiger partial charge in [0.1, 0.15) is 0 Å². The number of hydrogen-bond donors (Lipinski definition) is 2. The molecule has 40 heavy (non-hydrogen) atoms. The standard InChI is InChI=1S/C34H39N3O2S/c1-24-10-7-15-28(20-24)23-37-30-22-29(33(38)35-18-9-19-36-25(2)11-8-12-26(36)3)16-17-31(30)40-32(34(37)39)21-27-13-5-4-6-14-27/h4-7,10,13-17,20-22,25-26H,8-9,11-12,18-19,23H2,1-3H3,(H,35,38)/p+1. The van der Waals surface area contributed by atoms with Gasteiger partial charge in [-0.15, -0.1) is 0 Å². The van der Waals surface area contributed by atoms with Crippen molar-refractivity contribution in [2.75, 3.05) is 18.0 Å². The molecule has 1 fully saturated rings. The molecule has 0 saturated carbocycles. The highest BCUT2D eigenvalue weighted by Crippen LogP contribution is 2.43. The van der Waals surface area contributed by atoms with E-state index < -0.39 is 0 Å². The highest BCUT2D eigenvalue weighted by Gasteiger charge is 2.31. The minimum absolute atomic E-state index is 0.0480. The van der Waals surface area contributed by atoms with Gasteiger partial charge in [0, 0.05) is 23.4 Å². The zero-order valence-corrected chi connectivity index (χ0v) is 24.6. The van der Waals surface area contributed by atoms with Gasteiger partial charge >= 0.3 is 0 Å². The molecule has 2 amide bonds. The lowest BCUT2D eigenvalue weighted by molar-refractivity contribution is -0.951. The number of quaternary nitrogens is 1. The summed E-state index contributed by atoms with van der Waals surface area (Å²) in [5.41, 5.74) is 4.57. The van der Waals surface area contributed by atoms with Crippen LogP contribution in [0.1, 0.15) is 66.6 Å². The largest absolute Gasteiger partial charge is 0.352 e. The summed E-state index contributed by atoms with van der Waals surface area (Å²) >= 11 is 1.47. The van der Waals surface area contributed by atoms with Gasteiger partial charge in [-0.05, 0) is 75.4 Å². The fraction of sp³-hybridized carbons (Fsp3) is 0.353. The summed E-state index contributed by atoms with van der Waals surface area (Å²) in [6, 6.07) is 25.3. The van der Waals surface area contributed by atoms with E-state index in [1.807, 2.05) is 71.6 Å². The third-order valence-electron chi connectivity index (χ3n) is 8.18. The van der Waals surface area contributed by atoms with Gasteiger partial charge in [0.25, 0.3) is 11.8 Å². The summed E-state index contributed by atoms with van der Waals surface area (Å²) in [5.74, 6) is -0.135. The van der Waals surface area contributed by atoms with E-state index in [1.165, 1.54) is 31.0 Å². The Kier molecular flexibility index (Phi) is 9.08. The molecule has 0 aromatic heterocycles. The Bertz CT molecular complexity index is 1380. The van der Waals surface area contributed by atoms with Gasteiger partial charge in [-0.25, -0.2) is 0 Å². The first-order valence-electron chi connectivity index (χ1n) is 14.5. The molecular formula is C34H40N3O2S+. The summed E-state index contributed by atoms with van der Waals surface area (Å²) < 4.78 is 0. The number of aryl methyl sites for hydroxylation is 1. The lowest BCUT2D eigenvalue weighted by Gasteiger charge is -2.35. The number of hydrogen-bond acceptors (Lipinski definition) is 3. The number of nitrogens with one attached hydrogen (secondary N) is 2. The predicted octanol–water partition coefficient (Wildman–Crippen LogP) is 5.64. The van der Waals surface area contributed by atoms with Gasteiger partial charge in [0.2, 0.25) is 0 Å². The first kappa shape index (κ1) is 28.2. The average Bonchev–Trinajstić information content (AvgIpc) is 2.95. The molecule has 0 bridgehead atoms. The van der Waals surface area contributed by atoms with Gasteiger partial charge in [0.05, 0.1) is 35.8 Å². The number of piperidine rings is 1. The minimum Gasteiger partial charge on any atom is -0.352 e. The van der Waals surface area contributed by atoms with E-state index >= 15 is 0 Å². The van der Waals surface area contributed by atoms with E-state index in [0.717, 1.165) is 40.2 Å². The first-order valence-corrected chi connectivity index (χ1v) is 15.3. The Morgan fingerprint density at radius 1 is 1.02 bits per heavy atom. The van der Waals surface area contributed by atoms with Crippen LogP contribution in [0.25, 0.3) is 6.08 Å². The van der Waals surface area contributed by atoms with Gasteiger partial charge < -0.3 is 15.1 Å². The topological polar surface area (TPSA) is 53.9 Å². The smallest absolute Gasteiger partial charge is 0.265 e. The van der Waals surface area contributed by atoms with E-state index in [2.05, 4.69) is 38.2 Å². The maximum Gasteiger partial charge on any atom is 0.265 e. The van der Waals surface area contributed by atoms with Gasteiger partial charge in [-0.2, -0.15) is 0 Å². The third-order valence-corrected chi connectivity index (χ3v) is 9.25. The van der Waals surface area contributed by atoms with Crippen molar-refractivity contribution in [3.8, 4) is 0 Å². The summed E-state index contributed by atoms with van der Waals surface area (Å²) in [4.78, 5) is 32.1. The van der Waals surface area contributed by atoms with Crippen LogP contribution in [0, 0.1) is 6.92 Å². The Morgan fingerprint density at radius 3 is 2.55 bits per heavy atom. The molecule has 0 radical (unpaired) electrons. The van der Waals surface area contributed by atoms with Crippen molar-refractivity contribution in [3.05, 3.63) is 100.0 Å². The Labute approximate surface area is 242 Å². The number of amides is 2. The SMILES string of the molecule is Cc1cccc(CN2C(=O)C(=Cc3ccccc3)Sc3ccc(C(=O)NCCC[NH+]4C(C)CCCC4C)cc32)c1. The van der Waals surface area contributed by atoms with Gasteiger partial charge in [-0.1, -0.05) is 71.9 Å². The predicted molar refractivity (Wildman–Crippen MR) is 165 cm³/mol. The maximum absolute atomic E-state index is 13.8. The van der Waals surface area contributed by atoms with Crippen LogP contribution in [-0.2, 0) is 11.3 Å². The lowest BCUT2D eigenvalue weighted by Crippen LogP contribution is -3.19. The Balaban J connectivity index is 1.34. The van der Waals surface area contributed by atoms with Gasteiger partial charge in [0.15, 0.2) is 0 Å². The number of carbonyl (C=O) groups excluding carboxylic acids is 2. The van der Waals surface area contributed by atoms with Crippen LogP contribution in [0.3, 0.4) is 0 Å². The first-order chi connectivity index (χ1) is 19.4. The molecule has 2 aliphatic rings. The van der Waals surface area contributed by atoms with Crippen LogP contribution in [0.2, 0.25) is 0 Å². The van der Waals surface area contributed by atoms with Crippen LogP contribution in [0.4, 0.5) is 5.69 Å². The summed E-state index contributed by atoms with van der Waals surface area (Å²) in [6.07, 6.45) is 6.82. The summed E-state index contributed by atoms with van der Waals surface area (Å²) in [5, 5.41) is 3.13. The molecule has 208 valence electrons. The molecule has 0 spiro atoms. The Morgan fingerprint density at radius 2 is 1.80 bits per heavy atom. The second-order valence-electron chi connectivity index (χ2n) is 11.3. The minimum atomic E-state index is -0.0869. The van der Waals surface area contributed by atoms with Crippen molar-refractivity contribution >= 4 is 35.3 Å². The molecule has 2 unspecified atom stereocenters. The molecule has 3 aromatic rings. The molecule has 0 aliphatic carbocycles. The van der Waals surface area contributed by atoms with Gasteiger partial charge in [-0.3, -0.25) is 9.59 Å². The summed E-state index contributed by atoms with van der Waals surface area (Å²) in [6.45, 7) is 8.93. The molecule has 1 saturated heterocycles. The normalized spacial score (nSPS) is 21.8. The number of thioether (sulfide) groups is 1. The fourth-order valence-corrected chi connectivity index (χ4v) is 7.02. The lowest BCUT2D eigenvalue weighted by atomic mass is 9.97. The zero-order chi connectivity index (χ0) is 28.1. The number of carbonyl (C=O) groups is 2. The third kappa shape index (κ3) is 6.68. The number of likely N-dealkylation sites (tertiary alicyclic amines) is 1. The van der Waals surface area contributed by atoms with E-state index in [0.29, 0.717) is 35.6 Å². The number of fused-ring (bicyclic) bond motifs is 1. The van der Waals surface area contributed by atoms with Crippen LogP contribution < -0.4 is 15.1 Å². The number of nitrogens with zero attached hydrogens (tertiary/aromatic N) is 1. The van der Waals surface area contributed by atoms with E-state index in [4.69, 9.17) is 0 Å². The number of benzene rings is 3. The van der Waals surface area contributed by atoms with Crippen molar-refractivity contribution in [3.63, 3.8) is 0 Å². The monoisotopic (exact) mass is 554 g/mol.